The van der Waals surface area contributed by atoms with Gasteiger partial charge in [-0.3, -0.25) is 4.79 Å². The Morgan fingerprint density at radius 3 is 2.93 bits per heavy atom. The van der Waals surface area contributed by atoms with Crippen LogP contribution in [-0.4, -0.2) is 28.6 Å². The standard InChI is InChI=1S/C10H15N3O2/c1-7(14)4-5-12-10(15)9-3-2-8(11)6-13-9/h2-3,6-7,14H,4-5,11H2,1H3,(H,12,15). The molecule has 0 radical (unpaired) electrons. The summed E-state index contributed by atoms with van der Waals surface area (Å²) < 4.78 is 0. The van der Waals surface area contributed by atoms with Gasteiger partial charge in [0.2, 0.25) is 0 Å². The van der Waals surface area contributed by atoms with Crippen LogP contribution < -0.4 is 11.1 Å². The number of aromatic nitrogens is 1. The quantitative estimate of drug-likeness (QED) is 0.659. The molecule has 0 aromatic carbocycles. The number of hydrogen-bond acceptors (Lipinski definition) is 4. The van der Waals surface area contributed by atoms with E-state index in [1.165, 1.54) is 6.20 Å². The van der Waals surface area contributed by atoms with E-state index in [1.54, 1.807) is 19.1 Å². The fourth-order valence-electron chi connectivity index (χ4n) is 1.02. The summed E-state index contributed by atoms with van der Waals surface area (Å²) in [4.78, 5) is 15.3. The number of nitrogen functional groups attached to an aromatic ring is 1. The van der Waals surface area contributed by atoms with E-state index in [-0.39, 0.29) is 5.91 Å². The number of rotatable bonds is 4. The van der Waals surface area contributed by atoms with Crippen molar-refractivity contribution in [2.24, 2.45) is 0 Å². The van der Waals surface area contributed by atoms with Gasteiger partial charge in [0, 0.05) is 6.54 Å². The van der Waals surface area contributed by atoms with E-state index in [4.69, 9.17) is 10.8 Å². The summed E-state index contributed by atoms with van der Waals surface area (Å²) in [6.07, 6.45) is 1.55. The fourth-order valence-corrected chi connectivity index (χ4v) is 1.02. The van der Waals surface area contributed by atoms with E-state index in [0.29, 0.717) is 24.3 Å². The van der Waals surface area contributed by atoms with Crippen LogP contribution in [0.2, 0.25) is 0 Å². The van der Waals surface area contributed by atoms with Gasteiger partial charge in [0.15, 0.2) is 0 Å². The van der Waals surface area contributed by atoms with Gasteiger partial charge in [-0.2, -0.15) is 0 Å². The second-order valence-electron chi connectivity index (χ2n) is 3.37. The lowest BCUT2D eigenvalue weighted by atomic mass is 10.2. The molecule has 5 nitrogen and oxygen atoms in total. The second-order valence-corrected chi connectivity index (χ2v) is 3.37. The molecule has 1 amide bonds. The van der Waals surface area contributed by atoms with Gasteiger partial charge < -0.3 is 16.2 Å². The minimum atomic E-state index is -0.412. The molecular formula is C10H15N3O2. The van der Waals surface area contributed by atoms with Crippen LogP contribution in [0.5, 0.6) is 0 Å². The van der Waals surface area contributed by atoms with Gasteiger partial charge in [-0.15, -0.1) is 0 Å². The second kappa shape index (κ2) is 5.31. The van der Waals surface area contributed by atoms with Crippen LogP contribution >= 0.6 is 0 Å². The number of carbonyl (C=O) groups is 1. The highest BCUT2D eigenvalue weighted by molar-refractivity contribution is 5.92. The maximum Gasteiger partial charge on any atom is 0.269 e. The first kappa shape index (κ1) is 11.5. The third kappa shape index (κ3) is 3.95. The van der Waals surface area contributed by atoms with Crippen molar-refractivity contribution in [3.8, 4) is 0 Å². The Bertz CT molecular complexity index is 322. The zero-order chi connectivity index (χ0) is 11.3. The highest BCUT2D eigenvalue weighted by Gasteiger charge is 2.06. The predicted octanol–water partition coefficient (Wildman–Crippen LogP) is 0.164. The van der Waals surface area contributed by atoms with Crippen molar-refractivity contribution in [1.82, 2.24) is 10.3 Å². The summed E-state index contributed by atoms with van der Waals surface area (Å²) in [5, 5.41) is 11.6. The van der Waals surface area contributed by atoms with E-state index >= 15 is 0 Å². The molecule has 4 N–H and O–H groups in total. The van der Waals surface area contributed by atoms with Gasteiger partial charge in [0.1, 0.15) is 5.69 Å². The number of carbonyl (C=O) groups excluding carboxylic acids is 1. The smallest absolute Gasteiger partial charge is 0.269 e. The Kier molecular flexibility index (Phi) is 4.05. The molecule has 1 rings (SSSR count). The van der Waals surface area contributed by atoms with Crippen LogP contribution in [0.4, 0.5) is 5.69 Å². The minimum Gasteiger partial charge on any atom is -0.397 e. The third-order valence-corrected chi connectivity index (χ3v) is 1.87. The molecule has 0 aliphatic carbocycles. The largest absolute Gasteiger partial charge is 0.397 e. The van der Waals surface area contributed by atoms with E-state index in [2.05, 4.69) is 10.3 Å². The lowest BCUT2D eigenvalue weighted by molar-refractivity contribution is 0.0940. The third-order valence-electron chi connectivity index (χ3n) is 1.87. The van der Waals surface area contributed by atoms with Crippen LogP contribution in [0.15, 0.2) is 18.3 Å². The van der Waals surface area contributed by atoms with E-state index in [1.807, 2.05) is 0 Å². The van der Waals surface area contributed by atoms with Crippen molar-refractivity contribution in [2.45, 2.75) is 19.4 Å². The van der Waals surface area contributed by atoms with Crippen LogP contribution in [-0.2, 0) is 0 Å². The first-order valence-corrected chi connectivity index (χ1v) is 4.77. The van der Waals surface area contributed by atoms with Gasteiger partial charge in [-0.25, -0.2) is 4.98 Å². The Labute approximate surface area is 88.3 Å². The van der Waals surface area contributed by atoms with Crippen molar-refractivity contribution in [3.63, 3.8) is 0 Å². The number of amides is 1. The molecule has 0 saturated carbocycles. The highest BCUT2D eigenvalue weighted by Crippen LogP contribution is 2.00. The van der Waals surface area contributed by atoms with Crippen molar-refractivity contribution < 1.29 is 9.90 Å². The van der Waals surface area contributed by atoms with Crippen molar-refractivity contribution in [1.29, 1.82) is 0 Å². The number of anilines is 1. The number of nitrogens with two attached hydrogens (primary N) is 1. The Morgan fingerprint density at radius 2 is 2.40 bits per heavy atom. The van der Waals surface area contributed by atoms with Crippen LogP contribution in [0.25, 0.3) is 0 Å². The summed E-state index contributed by atoms with van der Waals surface area (Å²) >= 11 is 0. The van der Waals surface area contributed by atoms with Crippen molar-refractivity contribution in [3.05, 3.63) is 24.0 Å². The Hall–Kier alpha value is -1.62. The van der Waals surface area contributed by atoms with Crippen molar-refractivity contribution >= 4 is 11.6 Å². The molecular weight excluding hydrogens is 194 g/mol. The Balaban J connectivity index is 2.43. The normalized spacial score (nSPS) is 12.1. The zero-order valence-corrected chi connectivity index (χ0v) is 8.60. The summed E-state index contributed by atoms with van der Waals surface area (Å²) in [5.41, 5.74) is 6.29. The van der Waals surface area contributed by atoms with Crippen LogP contribution in [0, 0.1) is 0 Å². The van der Waals surface area contributed by atoms with Crippen molar-refractivity contribution in [2.75, 3.05) is 12.3 Å². The first-order chi connectivity index (χ1) is 7.09. The van der Waals surface area contributed by atoms with E-state index in [9.17, 15) is 4.79 Å². The molecule has 0 aliphatic heterocycles. The molecule has 0 fully saturated rings. The van der Waals surface area contributed by atoms with Crippen LogP contribution in [0.3, 0.4) is 0 Å². The SMILES string of the molecule is CC(O)CCNC(=O)c1ccc(N)cn1. The van der Waals surface area contributed by atoms with Gasteiger partial charge in [-0.05, 0) is 25.5 Å². The maximum atomic E-state index is 11.4. The molecule has 15 heavy (non-hydrogen) atoms. The van der Waals surface area contributed by atoms with Gasteiger partial charge in [-0.1, -0.05) is 0 Å². The van der Waals surface area contributed by atoms with Crippen LogP contribution in [0.1, 0.15) is 23.8 Å². The molecule has 1 heterocycles. The number of aliphatic hydroxyl groups is 1. The summed E-state index contributed by atoms with van der Waals surface area (Å²) in [7, 11) is 0. The summed E-state index contributed by atoms with van der Waals surface area (Å²) in [6, 6.07) is 3.18. The number of nitrogens with one attached hydrogen (secondary N) is 1. The fraction of sp³-hybridized carbons (Fsp3) is 0.400. The molecule has 0 saturated heterocycles. The van der Waals surface area contributed by atoms with Gasteiger partial charge in [0.05, 0.1) is 18.0 Å². The number of aliphatic hydroxyl groups excluding tert-OH is 1. The number of nitrogens with zero attached hydrogens (tertiary/aromatic N) is 1. The zero-order valence-electron chi connectivity index (χ0n) is 8.60. The molecule has 0 aliphatic rings. The molecule has 1 aromatic heterocycles. The van der Waals surface area contributed by atoms with Gasteiger partial charge >= 0.3 is 0 Å². The molecule has 82 valence electrons. The van der Waals surface area contributed by atoms with Gasteiger partial charge in [0.25, 0.3) is 5.91 Å². The molecule has 1 aromatic rings. The first-order valence-electron chi connectivity index (χ1n) is 4.77. The highest BCUT2D eigenvalue weighted by atomic mass is 16.3. The number of hydrogen-bond donors (Lipinski definition) is 3. The molecule has 0 spiro atoms. The number of pyridine rings is 1. The molecule has 5 heteroatoms. The molecule has 1 unspecified atom stereocenters. The topological polar surface area (TPSA) is 88.2 Å². The average molecular weight is 209 g/mol. The Morgan fingerprint density at radius 1 is 1.67 bits per heavy atom. The molecule has 0 bridgehead atoms. The maximum absolute atomic E-state index is 11.4. The predicted molar refractivity (Wildman–Crippen MR) is 57.3 cm³/mol. The lowest BCUT2D eigenvalue weighted by Gasteiger charge is -2.06. The average Bonchev–Trinajstić information content (AvgIpc) is 2.18. The van der Waals surface area contributed by atoms with E-state index in [0.717, 1.165) is 0 Å². The summed E-state index contributed by atoms with van der Waals surface area (Å²) in [6.45, 7) is 2.11. The minimum absolute atomic E-state index is 0.254. The van der Waals surface area contributed by atoms with E-state index < -0.39 is 6.10 Å². The monoisotopic (exact) mass is 209 g/mol. The summed E-state index contributed by atoms with van der Waals surface area (Å²) in [5.74, 6) is -0.254. The molecule has 1 atom stereocenters. The lowest BCUT2D eigenvalue weighted by Crippen LogP contribution is -2.27.